The van der Waals surface area contributed by atoms with Gasteiger partial charge in [-0.1, -0.05) is 12.1 Å². The molecule has 1 rings (SSSR count). The second-order valence-electron chi connectivity index (χ2n) is 4.27. The molecule has 106 valence electrons. The lowest BCUT2D eigenvalue weighted by atomic mass is 10.2. The molecule has 3 nitrogen and oxygen atoms in total. The summed E-state index contributed by atoms with van der Waals surface area (Å²) in [6, 6.07) is 7.16. The van der Waals surface area contributed by atoms with Crippen molar-refractivity contribution >= 4 is 11.6 Å². The van der Waals surface area contributed by atoms with E-state index in [1.807, 2.05) is 12.1 Å². The van der Waals surface area contributed by atoms with Crippen LogP contribution in [0, 0.1) is 0 Å². The fourth-order valence-corrected chi connectivity index (χ4v) is 1.56. The molecule has 0 saturated heterocycles. The molecule has 2 N–H and O–H groups in total. The average Bonchev–Trinajstić information content (AvgIpc) is 2.28. The molecule has 0 aliphatic carbocycles. The molecule has 19 heavy (non-hydrogen) atoms. The van der Waals surface area contributed by atoms with E-state index in [1.165, 1.54) is 6.92 Å². The summed E-state index contributed by atoms with van der Waals surface area (Å²) in [6.45, 7) is 2.27. The number of amides is 1. The second-order valence-corrected chi connectivity index (χ2v) is 4.27. The van der Waals surface area contributed by atoms with Crippen LogP contribution in [0.2, 0.25) is 0 Å². The molecule has 0 aromatic heterocycles. The van der Waals surface area contributed by atoms with Crippen molar-refractivity contribution in [3.63, 3.8) is 0 Å². The number of rotatable bonds is 6. The van der Waals surface area contributed by atoms with Crippen LogP contribution >= 0.6 is 0 Å². The first kappa shape index (κ1) is 15.5. The number of benzene rings is 1. The number of alkyl halides is 3. The molecule has 1 aromatic rings. The maximum atomic E-state index is 11.9. The first-order valence-electron chi connectivity index (χ1n) is 6.01. The van der Waals surface area contributed by atoms with Crippen LogP contribution in [-0.4, -0.2) is 18.6 Å². The molecule has 0 atom stereocenters. The van der Waals surface area contributed by atoms with Gasteiger partial charge in [0, 0.05) is 25.6 Å². The van der Waals surface area contributed by atoms with Crippen LogP contribution in [0.1, 0.15) is 25.3 Å². The molecule has 1 amide bonds. The lowest BCUT2D eigenvalue weighted by Crippen LogP contribution is -2.17. The van der Waals surface area contributed by atoms with Crippen molar-refractivity contribution in [2.45, 2.75) is 32.5 Å². The Morgan fingerprint density at radius 1 is 1.21 bits per heavy atom. The maximum absolute atomic E-state index is 11.9. The molecule has 0 radical (unpaired) electrons. The second kappa shape index (κ2) is 7.13. The van der Waals surface area contributed by atoms with Crippen molar-refractivity contribution in [3.05, 3.63) is 29.8 Å². The van der Waals surface area contributed by atoms with Crippen molar-refractivity contribution in [3.8, 4) is 0 Å². The quantitative estimate of drug-likeness (QED) is 0.783. The van der Waals surface area contributed by atoms with Crippen molar-refractivity contribution in [2.24, 2.45) is 0 Å². The lowest BCUT2D eigenvalue weighted by Gasteiger charge is -2.08. The van der Waals surface area contributed by atoms with Crippen molar-refractivity contribution in [1.29, 1.82) is 0 Å². The van der Waals surface area contributed by atoms with Gasteiger partial charge in [0.05, 0.1) is 0 Å². The predicted octanol–water partition coefficient (Wildman–Crippen LogP) is 3.08. The van der Waals surface area contributed by atoms with E-state index >= 15 is 0 Å². The molecule has 0 saturated carbocycles. The van der Waals surface area contributed by atoms with Gasteiger partial charge in [0.1, 0.15) is 0 Å². The first-order chi connectivity index (χ1) is 8.87. The summed E-state index contributed by atoms with van der Waals surface area (Å²) in [7, 11) is 0. The standard InChI is InChI=1S/C13H17F3N2O/c1-10(19)18-12-5-3-11(4-6-12)9-17-8-2-7-13(14,15)16/h3-6,17H,2,7-9H2,1H3,(H,18,19). The van der Waals surface area contributed by atoms with Crippen LogP contribution in [0.3, 0.4) is 0 Å². The lowest BCUT2D eigenvalue weighted by molar-refractivity contribution is -0.135. The van der Waals surface area contributed by atoms with Gasteiger partial charge in [-0.05, 0) is 30.7 Å². The van der Waals surface area contributed by atoms with Gasteiger partial charge in [-0.3, -0.25) is 4.79 Å². The number of carbonyl (C=O) groups is 1. The highest BCUT2D eigenvalue weighted by atomic mass is 19.4. The number of hydrogen-bond acceptors (Lipinski definition) is 2. The normalized spacial score (nSPS) is 11.4. The van der Waals surface area contributed by atoms with Crippen LogP contribution in [0.5, 0.6) is 0 Å². The van der Waals surface area contributed by atoms with Crippen LogP contribution < -0.4 is 10.6 Å². The van der Waals surface area contributed by atoms with E-state index in [0.29, 0.717) is 18.8 Å². The third-order valence-electron chi connectivity index (χ3n) is 2.42. The predicted molar refractivity (Wildman–Crippen MR) is 67.7 cm³/mol. The Hall–Kier alpha value is -1.56. The van der Waals surface area contributed by atoms with E-state index in [4.69, 9.17) is 0 Å². The van der Waals surface area contributed by atoms with E-state index in [-0.39, 0.29) is 12.3 Å². The Morgan fingerprint density at radius 2 is 1.84 bits per heavy atom. The SMILES string of the molecule is CC(=O)Nc1ccc(CNCCCC(F)(F)F)cc1. The van der Waals surface area contributed by atoms with E-state index in [1.54, 1.807) is 12.1 Å². The first-order valence-corrected chi connectivity index (χ1v) is 6.01. The van der Waals surface area contributed by atoms with E-state index in [0.717, 1.165) is 5.56 Å². The van der Waals surface area contributed by atoms with Gasteiger partial charge >= 0.3 is 6.18 Å². The molecular formula is C13H17F3N2O. The number of hydrogen-bond donors (Lipinski definition) is 2. The van der Waals surface area contributed by atoms with Gasteiger partial charge in [-0.25, -0.2) is 0 Å². The van der Waals surface area contributed by atoms with Gasteiger partial charge < -0.3 is 10.6 Å². The summed E-state index contributed by atoms with van der Waals surface area (Å²) >= 11 is 0. The summed E-state index contributed by atoms with van der Waals surface area (Å²) in [5, 5.41) is 5.59. The molecule has 0 fully saturated rings. The third kappa shape index (κ3) is 7.46. The zero-order valence-electron chi connectivity index (χ0n) is 10.7. The number of nitrogens with one attached hydrogen (secondary N) is 2. The Bertz CT molecular complexity index is 401. The monoisotopic (exact) mass is 274 g/mol. The minimum absolute atomic E-state index is 0.0769. The van der Waals surface area contributed by atoms with Crippen LogP contribution in [-0.2, 0) is 11.3 Å². The van der Waals surface area contributed by atoms with Crippen molar-refractivity contribution in [2.75, 3.05) is 11.9 Å². The molecular weight excluding hydrogens is 257 g/mol. The molecule has 0 bridgehead atoms. The summed E-state index contributed by atoms with van der Waals surface area (Å²) < 4.78 is 35.7. The van der Waals surface area contributed by atoms with Crippen molar-refractivity contribution < 1.29 is 18.0 Å². The zero-order valence-corrected chi connectivity index (χ0v) is 10.7. The zero-order chi connectivity index (χ0) is 14.3. The summed E-state index contributed by atoms with van der Waals surface area (Å²) in [4.78, 5) is 10.8. The van der Waals surface area contributed by atoms with Crippen LogP contribution in [0.25, 0.3) is 0 Å². The van der Waals surface area contributed by atoms with Gasteiger partial charge in [-0.15, -0.1) is 0 Å². The Morgan fingerprint density at radius 3 is 2.37 bits per heavy atom. The van der Waals surface area contributed by atoms with Gasteiger partial charge in [-0.2, -0.15) is 13.2 Å². The average molecular weight is 274 g/mol. The van der Waals surface area contributed by atoms with Crippen LogP contribution in [0.15, 0.2) is 24.3 Å². The fraction of sp³-hybridized carbons (Fsp3) is 0.462. The molecule has 1 aromatic carbocycles. The maximum Gasteiger partial charge on any atom is 0.389 e. The molecule has 0 unspecified atom stereocenters. The Kier molecular flexibility index (Phi) is 5.82. The summed E-state index contributed by atoms with van der Waals surface area (Å²) in [5.74, 6) is -0.141. The van der Waals surface area contributed by atoms with Gasteiger partial charge in [0.25, 0.3) is 0 Å². The van der Waals surface area contributed by atoms with Crippen LogP contribution in [0.4, 0.5) is 18.9 Å². The molecule has 0 spiro atoms. The van der Waals surface area contributed by atoms with E-state index in [2.05, 4.69) is 10.6 Å². The smallest absolute Gasteiger partial charge is 0.326 e. The number of anilines is 1. The highest BCUT2D eigenvalue weighted by Crippen LogP contribution is 2.20. The third-order valence-corrected chi connectivity index (χ3v) is 2.42. The Balaban J connectivity index is 2.25. The van der Waals surface area contributed by atoms with E-state index in [9.17, 15) is 18.0 Å². The topological polar surface area (TPSA) is 41.1 Å². The highest BCUT2D eigenvalue weighted by Gasteiger charge is 2.25. The highest BCUT2D eigenvalue weighted by molar-refractivity contribution is 5.88. The minimum atomic E-state index is -4.08. The molecule has 0 heterocycles. The van der Waals surface area contributed by atoms with Gasteiger partial charge in [0.15, 0.2) is 0 Å². The fourth-order valence-electron chi connectivity index (χ4n) is 1.56. The number of halogens is 3. The van der Waals surface area contributed by atoms with Gasteiger partial charge in [0.2, 0.25) is 5.91 Å². The molecule has 6 heteroatoms. The van der Waals surface area contributed by atoms with Crippen molar-refractivity contribution in [1.82, 2.24) is 5.32 Å². The molecule has 0 aliphatic heterocycles. The summed E-state index contributed by atoms with van der Waals surface area (Å²) in [6.07, 6.45) is -4.77. The Labute approximate surface area is 110 Å². The summed E-state index contributed by atoms with van der Waals surface area (Å²) in [5.41, 5.74) is 1.66. The molecule has 0 aliphatic rings. The van der Waals surface area contributed by atoms with E-state index < -0.39 is 12.6 Å². The number of carbonyl (C=O) groups excluding carboxylic acids is 1. The minimum Gasteiger partial charge on any atom is -0.326 e. The largest absolute Gasteiger partial charge is 0.389 e.